The molecule has 1 aromatic rings. The smallest absolute Gasteiger partial charge is 0.238 e. The SMILES string of the molecule is CN1CC2CN(C)CC(C1)C2(NCc1ccc(F)cc1)C(N)=O. The Morgan fingerprint density at radius 3 is 2.09 bits per heavy atom. The van der Waals surface area contributed by atoms with Gasteiger partial charge in [-0.3, -0.25) is 10.1 Å². The van der Waals surface area contributed by atoms with Crippen LogP contribution in [-0.2, 0) is 11.3 Å². The van der Waals surface area contributed by atoms with E-state index >= 15 is 0 Å². The Hall–Kier alpha value is -1.50. The van der Waals surface area contributed by atoms with Crippen molar-refractivity contribution in [2.75, 3.05) is 40.3 Å². The maximum absolute atomic E-state index is 13.1. The van der Waals surface area contributed by atoms with Gasteiger partial charge in [0.05, 0.1) is 0 Å². The summed E-state index contributed by atoms with van der Waals surface area (Å²) in [6.45, 7) is 3.91. The van der Waals surface area contributed by atoms with Gasteiger partial charge in [0.2, 0.25) is 5.91 Å². The lowest BCUT2D eigenvalue weighted by molar-refractivity contribution is -0.139. The molecule has 2 fully saturated rings. The fraction of sp³-hybridized carbons (Fsp3) is 0.588. The number of nitrogens with one attached hydrogen (secondary N) is 1. The second-order valence-electron chi connectivity index (χ2n) is 7.05. The van der Waals surface area contributed by atoms with E-state index in [1.54, 1.807) is 12.1 Å². The van der Waals surface area contributed by atoms with Crippen LogP contribution in [0.15, 0.2) is 24.3 Å². The number of rotatable bonds is 4. The second kappa shape index (κ2) is 6.19. The summed E-state index contributed by atoms with van der Waals surface area (Å²) in [4.78, 5) is 17.0. The Kier molecular flexibility index (Phi) is 4.40. The Morgan fingerprint density at radius 1 is 1.17 bits per heavy atom. The quantitative estimate of drug-likeness (QED) is 0.836. The first kappa shape index (κ1) is 16.4. The van der Waals surface area contributed by atoms with Crippen molar-refractivity contribution < 1.29 is 9.18 Å². The molecule has 3 N–H and O–H groups in total. The molecule has 3 rings (SSSR count). The number of likely N-dealkylation sites (tertiary alicyclic amines) is 2. The molecule has 126 valence electrons. The van der Waals surface area contributed by atoms with Crippen LogP contribution < -0.4 is 11.1 Å². The van der Waals surface area contributed by atoms with Gasteiger partial charge in [0.1, 0.15) is 11.4 Å². The van der Waals surface area contributed by atoms with Crippen molar-refractivity contribution in [2.24, 2.45) is 17.6 Å². The number of carbonyl (C=O) groups is 1. The summed E-state index contributed by atoms with van der Waals surface area (Å²) in [6.07, 6.45) is 0. The summed E-state index contributed by atoms with van der Waals surface area (Å²) in [6, 6.07) is 6.37. The molecular formula is C17H25FN4O. The van der Waals surface area contributed by atoms with E-state index < -0.39 is 5.54 Å². The van der Waals surface area contributed by atoms with Gasteiger partial charge in [0.15, 0.2) is 0 Å². The summed E-state index contributed by atoms with van der Waals surface area (Å²) in [5.74, 6) is -0.210. The molecule has 5 nitrogen and oxygen atoms in total. The number of benzene rings is 1. The lowest BCUT2D eigenvalue weighted by atomic mass is 9.67. The molecule has 2 aliphatic rings. The fourth-order valence-corrected chi connectivity index (χ4v) is 4.31. The van der Waals surface area contributed by atoms with Crippen LogP contribution in [0.3, 0.4) is 0 Å². The molecule has 0 saturated carbocycles. The molecule has 6 heteroatoms. The van der Waals surface area contributed by atoms with E-state index in [9.17, 15) is 9.18 Å². The normalized spacial score (nSPS) is 32.0. The summed E-state index contributed by atoms with van der Waals surface area (Å²) >= 11 is 0. The van der Waals surface area contributed by atoms with Crippen LogP contribution in [-0.4, -0.2) is 61.5 Å². The highest BCUT2D eigenvalue weighted by molar-refractivity contribution is 5.86. The molecule has 0 aromatic heterocycles. The number of nitrogens with zero attached hydrogens (tertiary/aromatic N) is 2. The third-order valence-corrected chi connectivity index (χ3v) is 5.32. The molecule has 0 atom stereocenters. The zero-order chi connectivity index (χ0) is 16.6. The highest BCUT2D eigenvalue weighted by Crippen LogP contribution is 2.37. The Balaban J connectivity index is 1.84. The molecule has 1 aromatic carbocycles. The van der Waals surface area contributed by atoms with Gasteiger partial charge in [-0.25, -0.2) is 4.39 Å². The number of carbonyl (C=O) groups excluding carboxylic acids is 1. The Labute approximate surface area is 136 Å². The zero-order valence-electron chi connectivity index (χ0n) is 13.8. The van der Waals surface area contributed by atoms with Crippen LogP contribution in [0.5, 0.6) is 0 Å². The molecule has 2 bridgehead atoms. The first-order chi connectivity index (χ1) is 10.9. The monoisotopic (exact) mass is 320 g/mol. The number of hydrogen-bond acceptors (Lipinski definition) is 4. The predicted molar refractivity (Wildman–Crippen MR) is 87.1 cm³/mol. The summed E-state index contributed by atoms with van der Waals surface area (Å²) < 4.78 is 13.1. The average molecular weight is 320 g/mol. The van der Waals surface area contributed by atoms with Crippen molar-refractivity contribution in [1.82, 2.24) is 15.1 Å². The van der Waals surface area contributed by atoms with Crippen LogP contribution in [0.2, 0.25) is 0 Å². The standard InChI is InChI=1S/C17H25FN4O/c1-21-8-13-10-22(2)11-14(9-21)17(13,16(19)23)20-7-12-3-5-15(18)6-4-12/h3-6,13-14,20H,7-11H2,1-2H3,(H2,19,23). The Bertz CT molecular complexity index is 546. The zero-order valence-corrected chi connectivity index (χ0v) is 13.8. The van der Waals surface area contributed by atoms with Crippen LogP contribution in [0.4, 0.5) is 4.39 Å². The van der Waals surface area contributed by atoms with E-state index in [0.29, 0.717) is 6.54 Å². The van der Waals surface area contributed by atoms with Crippen molar-refractivity contribution in [2.45, 2.75) is 12.1 Å². The van der Waals surface area contributed by atoms with Crippen molar-refractivity contribution in [1.29, 1.82) is 0 Å². The number of halogens is 1. The van der Waals surface area contributed by atoms with Gasteiger partial charge in [-0.1, -0.05) is 12.1 Å². The lowest BCUT2D eigenvalue weighted by Crippen LogP contribution is -2.75. The van der Waals surface area contributed by atoms with Crippen LogP contribution in [0, 0.1) is 17.7 Å². The molecule has 0 radical (unpaired) electrons. The van der Waals surface area contributed by atoms with Crippen LogP contribution in [0.25, 0.3) is 0 Å². The minimum Gasteiger partial charge on any atom is -0.368 e. The maximum Gasteiger partial charge on any atom is 0.238 e. The van der Waals surface area contributed by atoms with E-state index in [1.165, 1.54) is 12.1 Å². The number of piperidine rings is 2. The van der Waals surface area contributed by atoms with Gasteiger partial charge in [0, 0.05) is 44.6 Å². The van der Waals surface area contributed by atoms with Gasteiger partial charge in [0.25, 0.3) is 0 Å². The molecule has 2 heterocycles. The topological polar surface area (TPSA) is 61.6 Å². The van der Waals surface area contributed by atoms with E-state index in [1.807, 2.05) is 0 Å². The largest absolute Gasteiger partial charge is 0.368 e. The van der Waals surface area contributed by atoms with Crippen molar-refractivity contribution in [3.05, 3.63) is 35.6 Å². The maximum atomic E-state index is 13.1. The van der Waals surface area contributed by atoms with Crippen LogP contribution in [0.1, 0.15) is 5.56 Å². The molecule has 23 heavy (non-hydrogen) atoms. The first-order valence-electron chi connectivity index (χ1n) is 8.08. The third kappa shape index (κ3) is 2.98. The van der Waals surface area contributed by atoms with E-state index in [2.05, 4.69) is 29.2 Å². The van der Waals surface area contributed by atoms with Gasteiger partial charge in [-0.15, -0.1) is 0 Å². The van der Waals surface area contributed by atoms with Gasteiger partial charge in [-0.2, -0.15) is 0 Å². The summed E-state index contributed by atoms with van der Waals surface area (Å²) in [7, 11) is 4.19. The summed E-state index contributed by atoms with van der Waals surface area (Å²) in [5.41, 5.74) is 6.14. The third-order valence-electron chi connectivity index (χ3n) is 5.32. The van der Waals surface area contributed by atoms with E-state index in [0.717, 1.165) is 31.7 Å². The number of primary amides is 1. The van der Waals surface area contributed by atoms with Gasteiger partial charge < -0.3 is 15.5 Å². The Morgan fingerprint density at radius 2 is 1.65 bits per heavy atom. The molecular weight excluding hydrogens is 295 g/mol. The van der Waals surface area contributed by atoms with Crippen LogP contribution >= 0.6 is 0 Å². The minimum atomic E-state index is -0.687. The minimum absolute atomic E-state index is 0.156. The van der Waals surface area contributed by atoms with E-state index in [4.69, 9.17) is 5.73 Å². The highest BCUT2D eigenvalue weighted by Gasteiger charge is 2.56. The second-order valence-corrected chi connectivity index (χ2v) is 7.05. The first-order valence-corrected chi connectivity index (χ1v) is 8.08. The van der Waals surface area contributed by atoms with Gasteiger partial charge >= 0.3 is 0 Å². The lowest BCUT2D eigenvalue weighted by Gasteiger charge is -2.56. The number of hydrogen-bond donors (Lipinski definition) is 2. The van der Waals surface area contributed by atoms with Crippen molar-refractivity contribution in [3.63, 3.8) is 0 Å². The molecule has 2 saturated heterocycles. The number of nitrogens with two attached hydrogens (primary N) is 1. The molecule has 0 spiro atoms. The average Bonchev–Trinajstić information content (AvgIpc) is 2.46. The van der Waals surface area contributed by atoms with Crippen molar-refractivity contribution in [3.8, 4) is 0 Å². The fourth-order valence-electron chi connectivity index (χ4n) is 4.31. The highest BCUT2D eigenvalue weighted by atomic mass is 19.1. The number of amides is 1. The molecule has 1 amide bonds. The predicted octanol–water partition coefficient (Wildman–Crippen LogP) is 0.263. The van der Waals surface area contributed by atoms with E-state index in [-0.39, 0.29) is 23.6 Å². The van der Waals surface area contributed by atoms with Gasteiger partial charge in [-0.05, 0) is 31.8 Å². The molecule has 0 unspecified atom stereocenters. The molecule has 2 aliphatic heterocycles. The summed E-state index contributed by atoms with van der Waals surface area (Å²) in [5, 5.41) is 3.46. The number of fused-ring (bicyclic) bond motifs is 2. The van der Waals surface area contributed by atoms with Crippen molar-refractivity contribution >= 4 is 5.91 Å². The molecule has 0 aliphatic carbocycles.